The van der Waals surface area contributed by atoms with Gasteiger partial charge in [-0.25, -0.2) is 0 Å². The van der Waals surface area contributed by atoms with E-state index in [2.05, 4.69) is 5.32 Å². The first kappa shape index (κ1) is 14.7. The van der Waals surface area contributed by atoms with Crippen LogP contribution in [0, 0.1) is 0 Å². The fourth-order valence-corrected chi connectivity index (χ4v) is 1.46. The Balaban J connectivity index is 2.49. The Bertz CT molecular complexity index is 370. The van der Waals surface area contributed by atoms with Crippen molar-refractivity contribution in [2.45, 2.75) is 38.8 Å². The third kappa shape index (κ3) is 5.80. The van der Waals surface area contributed by atoms with Gasteiger partial charge >= 0.3 is 5.97 Å². The number of carboxylic acids is 1. The Kier molecular flexibility index (Phi) is 5.31. The van der Waals surface area contributed by atoms with E-state index in [9.17, 15) is 4.79 Å². The molecule has 0 amide bonds. The van der Waals surface area contributed by atoms with Gasteiger partial charge in [-0.2, -0.15) is 0 Å². The zero-order valence-corrected chi connectivity index (χ0v) is 11.1. The molecular formula is C14H21NO3. The molecule has 0 saturated carbocycles. The van der Waals surface area contributed by atoms with Gasteiger partial charge in [0.25, 0.3) is 0 Å². The summed E-state index contributed by atoms with van der Waals surface area (Å²) >= 11 is 0. The Morgan fingerprint density at radius 3 is 2.44 bits per heavy atom. The first-order valence-corrected chi connectivity index (χ1v) is 6.02. The number of carboxylic acid groups (broad SMARTS) is 1. The lowest BCUT2D eigenvalue weighted by Crippen LogP contribution is -2.41. The summed E-state index contributed by atoms with van der Waals surface area (Å²) in [6, 6.07) is 8.93. The molecule has 0 aliphatic carbocycles. The Morgan fingerprint density at radius 1 is 1.33 bits per heavy atom. The van der Waals surface area contributed by atoms with Crippen LogP contribution in [0.2, 0.25) is 0 Å². The molecule has 4 nitrogen and oxygen atoms in total. The van der Waals surface area contributed by atoms with Crippen molar-refractivity contribution in [2.75, 3.05) is 6.73 Å². The van der Waals surface area contributed by atoms with E-state index >= 15 is 0 Å². The number of hydrogen-bond acceptors (Lipinski definition) is 3. The second-order valence-corrected chi connectivity index (χ2v) is 5.19. The minimum Gasteiger partial charge on any atom is -0.480 e. The summed E-state index contributed by atoms with van der Waals surface area (Å²) in [7, 11) is 0. The van der Waals surface area contributed by atoms with E-state index in [1.54, 1.807) is 0 Å². The monoisotopic (exact) mass is 251 g/mol. The fraction of sp³-hybridized carbons (Fsp3) is 0.500. The number of carbonyl (C=O) groups is 1. The molecule has 1 atom stereocenters. The van der Waals surface area contributed by atoms with Crippen molar-refractivity contribution in [3.05, 3.63) is 35.9 Å². The molecule has 2 N–H and O–H groups in total. The maximum Gasteiger partial charge on any atom is 0.321 e. The summed E-state index contributed by atoms with van der Waals surface area (Å²) < 4.78 is 5.47. The molecule has 1 rings (SSSR count). The standard InChI is InChI=1S/C14H21NO3/c1-14(2,3)18-10-15-12(13(16)17)9-11-7-5-4-6-8-11/h4-8,12,15H,9-10H2,1-3H3,(H,16,17)/t12-/m0/s1. The lowest BCUT2D eigenvalue weighted by atomic mass is 10.1. The Labute approximate surface area is 108 Å². The number of hydrogen-bond donors (Lipinski definition) is 2. The first-order valence-electron chi connectivity index (χ1n) is 6.02. The number of rotatable bonds is 6. The van der Waals surface area contributed by atoms with Crippen molar-refractivity contribution >= 4 is 5.97 Å². The Hall–Kier alpha value is -1.39. The maximum atomic E-state index is 11.1. The van der Waals surface area contributed by atoms with Crippen molar-refractivity contribution < 1.29 is 14.6 Å². The second kappa shape index (κ2) is 6.52. The van der Waals surface area contributed by atoms with E-state index in [0.717, 1.165) is 5.56 Å². The molecule has 1 aromatic carbocycles. The van der Waals surface area contributed by atoms with Crippen LogP contribution in [-0.4, -0.2) is 29.4 Å². The van der Waals surface area contributed by atoms with Crippen LogP contribution in [0.5, 0.6) is 0 Å². The number of benzene rings is 1. The van der Waals surface area contributed by atoms with Crippen molar-refractivity contribution in [3.63, 3.8) is 0 Å². The van der Waals surface area contributed by atoms with E-state index < -0.39 is 12.0 Å². The van der Waals surface area contributed by atoms with E-state index in [4.69, 9.17) is 9.84 Å². The summed E-state index contributed by atoms with van der Waals surface area (Å²) in [4.78, 5) is 11.1. The maximum absolute atomic E-state index is 11.1. The van der Waals surface area contributed by atoms with Crippen LogP contribution in [0.3, 0.4) is 0 Å². The van der Waals surface area contributed by atoms with Crippen LogP contribution in [-0.2, 0) is 16.0 Å². The van der Waals surface area contributed by atoms with Crippen LogP contribution in [0.25, 0.3) is 0 Å². The van der Waals surface area contributed by atoms with Crippen LogP contribution < -0.4 is 5.32 Å². The zero-order valence-electron chi connectivity index (χ0n) is 11.1. The highest BCUT2D eigenvalue weighted by molar-refractivity contribution is 5.73. The number of ether oxygens (including phenoxy) is 1. The average Bonchev–Trinajstić information content (AvgIpc) is 2.27. The Morgan fingerprint density at radius 2 is 1.94 bits per heavy atom. The van der Waals surface area contributed by atoms with Crippen LogP contribution in [0.1, 0.15) is 26.3 Å². The molecule has 100 valence electrons. The van der Waals surface area contributed by atoms with E-state index in [-0.39, 0.29) is 12.3 Å². The van der Waals surface area contributed by atoms with Gasteiger partial charge in [0, 0.05) is 0 Å². The predicted molar refractivity (Wildman–Crippen MR) is 70.4 cm³/mol. The van der Waals surface area contributed by atoms with Gasteiger partial charge in [0.2, 0.25) is 0 Å². The lowest BCUT2D eigenvalue weighted by Gasteiger charge is -2.22. The molecule has 4 heteroatoms. The van der Waals surface area contributed by atoms with Crippen LogP contribution in [0.15, 0.2) is 30.3 Å². The first-order chi connectivity index (χ1) is 8.38. The van der Waals surface area contributed by atoms with Gasteiger partial charge in [0.1, 0.15) is 6.04 Å². The normalized spacial score (nSPS) is 13.3. The van der Waals surface area contributed by atoms with Crippen molar-refractivity contribution in [3.8, 4) is 0 Å². The minimum atomic E-state index is -0.864. The molecule has 0 aliphatic rings. The van der Waals surface area contributed by atoms with Crippen molar-refractivity contribution in [1.29, 1.82) is 0 Å². The van der Waals surface area contributed by atoms with Gasteiger partial charge in [-0.1, -0.05) is 30.3 Å². The minimum absolute atomic E-state index is 0.229. The molecular weight excluding hydrogens is 230 g/mol. The third-order valence-electron chi connectivity index (χ3n) is 2.42. The zero-order chi connectivity index (χ0) is 13.6. The largest absolute Gasteiger partial charge is 0.480 e. The third-order valence-corrected chi connectivity index (χ3v) is 2.42. The van der Waals surface area contributed by atoms with Gasteiger partial charge in [-0.15, -0.1) is 0 Å². The highest BCUT2D eigenvalue weighted by atomic mass is 16.5. The highest BCUT2D eigenvalue weighted by Gasteiger charge is 2.18. The summed E-state index contributed by atoms with van der Waals surface area (Å²) in [5.74, 6) is -0.864. The van der Waals surface area contributed by atoms with Gasteiger partial charge in [-0.05, 0) is 32.8 Å². The van der Waals surface area contributed by atoms with Gasteiger partial charge in [-0.3, -0.25) is 10.1 Å². The van der Waals surface area contributed by atoms with E-state index in [1.165, 1.54) is 0 Å². The fourth-order valence-electron chi connectivity index (χ4n) is 1.46. The average molecular weight is 251 g/mol. The molecule has 0 fully saturated rings. The quantitative estimate of drug-likeness (QED) is 0.760. The summed E-state index contributed by atoms with van der Waals surface area (Å²) in [5, 5.41) is 12.0. The molecule has 0 aromatic heterocycles. The second-order valence-electron chi connectivity index (χ2n) is 5.19. The van der Waals surface area contributed by atoms with Crippen LogP contribution in [0.4, 0.5) is 0 Å². The van der Waals surface area contributed by atoms with E-state index in [1.807, 2.05) is 51.1 Å². The van der Waals surface area contributed by atoms with Gasteiger partial charge in [0.05, 0.1) is 12.3 Å². The summed E-state index contributed by atoms with van der Waals surface area (Å²) in [6.45, 7) is 6.03. The van der Waals surface area contributed by atoms with Crippen molar-refractivity contribution in [1.82, 2.24) is 5.32 Å². The molecule has 0 saturated heterocycles. The number of aliphatic carboxylic acids is 1. The SMILES string of the molecule is CC(C)(C)OCN[C@@H](Cc1ccccc1)C(=O)O. The number of nitrogens with one attached hydrogen (secondary N) is 1. The molecule has 0 radical (unpaired) electrons. The molecule has 0 unspecified atom stereocenters. The summed E-state index contributed by atoms with van der Waals surface area (Å²) in [6.07, 6.45) is 0.448. The molecule has 1 aromatic rings. The van der Waals surface area contributed by atoms with Gasteiger partial charge < -0.3 is 9.84 Å². The molecule has 18 heavy (non-hydrogen) atoms. The summed E-state index contributed by atoms with van der Waals surface area (Å²) in [5.41, 5.74) is 0.719. The molecule has 0 spiro atoms. The van der Waals surface area contributed by atoms with Crippen LogP contribution >= 0.6 is 0 Å². The smallest absolute Gasteiger partial charge is 0.321 e. The lowest BCUT2D eigenvalue weighted by molar-refractivity contribution is -0.140. The van der Waals surface area contributed by atoms with Gasteiger partial charge in [0.15, 0.2) is 0 Å². The molecule has 0 bridgehead atoms. The molecule has 0 heterocycles. The topological polar surface area (TPSA) is 58.6 Å². The van der Waals surface area contributed by atoms with E-state index in [0.29, 0.717) is 6.42 Å². The molecule has 0 aliphatic heterocycles. The highest BCUT2D eigenvalue weighted by Crippen LogP contribution is 2.07. The predicted octanol–water partition coefficient (Wildman–Crippen LogP) is 2.04. The van der Waals surface area contributed by atoms with Crippen molar-refractivity contribution in [2.24, 2.45) is 0 Å².